The molecule has 0 unspecified atom stereocenters. The number of allylic oxidation sites excluding steroid dienone is 2. The number of aryl methyl sites for hydroxylation is 1. The third-order valence-electron chi connectivity index (χ3n) is 21.6. The number of nitrogens with zero attached hydrogens (tertiary/aromatic N) is 13. The average molecular weight is 1520 g/mol. The van der Waals surface area contributed by atoms with Crippen LogP contribution in [0.25, 0.3) is 43.2 Å². The monoisotopic (exact) mass is 1520 g/mol. The highest BCUT2D eigenvalue weighted by atomic mass is 32.1. The lowest BCUT2D eigenvalue weighted by Crippen LogP contribution is -2.57. The van der Waals surface area contributed by atoms with Crippen LogP contribution in [0.5, 0.6) is 11.8 Å². The standard InChI is InChI=1S/C38H44N10O6S.C37H42N10O6S/c1-47-36(44-45-46-47)42-35(51)38-21-23(38)12-5-3-2-4-6-17-28(41-37(52)54-24-13-7-8-14-24)34(50)48-22-25(20-29(48)32(49)43-38)53-33-31(30-18-11-19-55-30)39-26-15-9-10-16-27(26)40-33;48-31-28-19-24(52-32-30(29-17-10-18-54-29)38-25-14-8-9-15-26(25)39-32)21-47(28)33(49)27(40-36(51)53-23-12-6-7-13-23)16-5-3-1-2-4-11-22-20-37(22,42-31)34(50)41-35-43-45-46-44-35/h5,9-12,15-16,18-19,23-25,28-29H,2-4,6-8,13-14,17,20-22H2,1H3,(H,41,52)(H,43,49)(H,42,44,46,51);4,8-11,14-15,17-18,22-24,27-28H,1-3,5-7,12-13,16,19-21H2,(H,40,51)(H,42,48)(H2,41,43,44,45,46,50)/b12-5-;11-4-/t23-,25-,28+,29+,38-;22-,24-,27+,28+,37-/m11/s1. The number of amides is 8. The van der Waals surface area contributed by atoms with Gasteiger partial charge in [-0.3, -0.25) is 39.4 Å². The van der Waals surface area contributed by atoms with E-state index in [1.165, 1.54) is 37.2 Å². The van der Waals surface area contributed by atoms with Gasteiger partial charge in [0.15, 0.2) is 0 Å². The minimum Gasteiger partial charge on any atom is -0.471 e. The predicted octanol–water partition coefficient (Wildman–Crippen LogP) is 8.59. The molecule has 0 spiro atoms. The van der Waals surface area contributed by atoms with Crippen molar-refractivity contribution in [2.24, 2.45) is 18.9 Å². The van der Waals surface area contributed by atoms with E-state index >= 15 is 0 Å². The molecule has 8 aliphatic rings. The van der Waals surface area contributed by atoms with Crippen LogP contribution in [0.4, 0.5) is 21.5 Å². The number of para-hydroxylation sites is 4. The SMILES string of the molecule is Cn1nnnc1NC(=O)[C@@]12C[C@H]1/C=C\CCCCC[C@H](NC(=O)OC1CCCC1)C(=O)N1C[C@H](Oc3nc4ccccc4nc3-c3cccs3)C[C@H]1C(=O)N2.O=C(N[C@H]1CCCCC/C=C\[C@@H]2C[C@@]2(C(=O)Nc2nn[nH]n2)NC(=O)[C@@H]2C[C@@H](Oc3nc4ccccc4nc3-c3cccs3)CN2C1=O)OC1CCCC1. The number of fused-ring (bicyclic) bond motifs is 6. The lowest BCUT2D eigenvalue weighted by Gasteiger charge is -2.30. The number of thiophene rings is 2. The Morgan fingerprint density at radius 3 is 1.42 bits per heavy atom. The first-order valence-electron chi connectivity index (χ1n) is 37.7. The van der Waals surface area contributed by atoms with Gasteiger partial charge in [-0.15, -0.1) is 27.8 Å². The zero-order valence-electron chi connectivity index (χ0n) is 60.2. The highest BCUT2D eigenvalue weighted by Gasteiger charge is 2.63. The van der Waals surface area contributed by atoms with E-state index in [0.717, 1.165) is 99.6 Å². The second-order valence-corrected chi connectivity index (χ2v) is 31.0. The van der Waals surface area contributed by atoms with Crippen molar-refractivity contribution in [3.63, 3.8) is 0 Å². The van der Waals surface area contributed by atoms with Gasteiger partial charge in [0, 0.05) is 31.7 Å². The van der Waals surface area contributed by atoms with E-state index in [9.17, 15) is 38.4 Å². The minimum atomic E-state index is -1.29. The van der Waals surface area contributed by atoms with Gasteiger partial charge in [-0.05, 0) is 166 Å². The lowest BCUT2D eigenvalue weighted by atomic mass is 10.0. The molecule has 570 valence electrons. The second-order valence-electron chi connectivity index (χ2n) is 29.1. The predicted molar refractivity (Wildman–Crippen MR) is 399 cm³/mol. The fourth-order valence-electron chi connectivity index (χ4n) is 15.6. The molecule has 8 aromatic rings. The number of H-pyrrole nitrogens is 1. The van der Waals surface area contributed by atoms with E-state index in [1.807, 2.05) is 108 Å². The summed E-state index contributed by atoms with van der Waals surface area (Å²) in [7, 11) is 1.60. The molecule has 7 N–H and O–H groups in total. The van der Waals surface area contributed by atoms with E-state index in [2.05, 4.69) is 68.1 Å². The smallest absolute Gasteiger partial charge is 0.408 e. The molecule has 0 bridgehead atoms. The van der Waals surface area contributed by atoms with Crippen molar-refractivity contribution in [3.05, 3.63) is 108 Å². The molecule has 4 aliphatic heterocycles. The number of aromatic amines is 1. The van der Waals surface area contributed by atoms with Gasteiger partial charge in [-0.2, -0.15) is 5.21 Å². The van der Waals surface area contributed by atoms with Crippen molar-refractivity contribution in [2.75, 3.05) is 23.7 Å². The maximum atomic E-state index is 14.6. The Kier molecular flexibility index (Phi) is 22.2. The largest absolute Gasteiger partial charge is 0.471 e. The zero-order chi connectivity index (χ0) is 75.0. The number of carbonyl (C=O) groups is 8. The molecule has 4 saturated carbocycles. The summed E-state index contributed by atoms with van der Waals surface area (Å²) < 4.78 is 25.9. The van der Waals surface area contributed by atoms with Gasteiger partial charge in [0.1, 0.15) is 71.0 Å². The first-order valence-corrected chi connectivity index (χ1v) is 39.5. The molecular formula is C75H86N20O12S2. The van der Waals surface area contributed by atoms with E-state index < -0.39 is 95.1 Å². The van der Waals surface area contributed by atoms with Gasteiger partial charge in [0.25, 0.3) is 17.8 Å². The molecule has 8 amide bonds. The van der Waals surface area contributed by atoms with Crippen LogP contribution in [0.3, 0.4) is 0 Å². The molecule has 10 atom stereocenters. The van der Waals surface area contributed by atoms with E-state index in [0.29, 0.717) is 72.0 Å². The normalized spacial score (nSPS) is 26.7. The zero-order valence-corrected chi connectivity index (χ0v) is 61.8. The fourth-order valence-corrected chi connectivity index (χ4v) is 17.0. The summed E-state index contributed by atoms with van der Waals surface area (Å²) in [6.45, 7) is 0.0782. The van der Waals surface area contributed by atoms with Gasteiger partial charge in [-0.1, -0.05) is 96.6 Å². The number of hydrogen-bond donors (Lipinski definition) is 7. The number of tetrazole rings is 2. The van der Waals surface area contributed by atoms with E-state index in [-0.39, 0.29) is 73.6 Å². The summed E-state index contributed by atoms with van der Waals surface area (Å²) in [6.07, 6.45) is 20.1. The van der Waals surface area contributed by atoms with Gasteiger partial charge in [-0.25, -0.2) is 34.2 Å². The average Bonchev–Trinajstić information content (AvgIpc) is 1.59. The van der Waals surface area contributed by atoms with Crippen LogP contribution < -0.4 is 41.4 Å². The third kappa shape index (κ3) is 16.9. The number of anilines is 2. The molecule has 2 saturated heterocycles. The molecule has 2 aromatic carbocycles. The van der Waals surface area contributed by atoms with Crippen molar-refractivity contribution >= 4 is 104 Å². The Morgan fingerprint density at radius 2 is 0.991 bits per heavy atom. The van der Waals surface area contributed by atoms with Crippen LogP contribution >= 0.6 is 22.7 Å². The Morgan fingerprint density at radius 1 is 0.532 bits per heavy atom. The first-order chi connectivity index (χ1) is 53.1. The first kappa shape index (κ1) is 73.6. The summed E-state index contributed by atoms with van der Waals surface area (Å²) in [5.74, 6) is -2.65. The Balaban J connectivity index is 0.000000174. The molecule has 6 aromatic heterocycles. The summed E-state index contributed by atoms with van der Waals surface area (Å²) in [4.78, 5) is 136. The Labute approximate surface area is 634 Å². The van der Waals surface area contributed by atoms with Crippen molar-refractivity contribution in [3.8, 4) is 32.9 Å². The molecule has 0 radical (unpaired) electrons. The fraction of sp³-hybridized carbons (Fsp3) is 0.493. The van der Waals surface area contributed by atoms with E-state index in [1.54, 1.807) is 7.05 Å². The van der Waals surface area contributed by atoms with Crippen LogP contribution in [0.15, 0.2) is 108 Å². The molecule has 4 aliphatic carbocycles. The maximum Gasteiger partial charge on any atom is 0.408 e. The quantitative estimate of drug-likeness (QED) is 0.0501. The highest BCUT2D eigenvalue weighted by molar-refractivity contribution is 7.13. The van der Waals surface area contributed by atoms with Crippen molar-refractivity contribution in [1.82, 2.24) is 91.8 Å². The van der Waals surface area contributed by atoms with Gasteiger partial charge in [0.05, 0.1) is 44.9 Å². The Bertz CT molecular complexity index is 4690. The topological polar surface area (TPSA) is 402 Å². The van der Waals surface area contributed by atoms with Crippen molar-refractivity contribution in [2.45, 2.75) is 201 Å². The van der Waals surface area contributed by atoms with Crippen molar-refractivity contribution in [1.29, 1.82) is 0 Å². The summed E-state index contributed by atoms with van der Waals surface area (Å²) in [6, 6.07) is 18.8. The second kappa shape index (κ2) is 32.9. The van der Waals surface area contributed by atoms with Crippen molar-refractivity contribution < 1.29 is 57.3 Å². The number of alkyl carbamates (subject to hydrolysis) is 2. The van der Waals surface area contributed by atoms with Crippen LogP contribution in [0, 0.1) is 11.8 Å². The summed E-state index contributed by atoms with van der Waals surface area (Å²) >= 11 is 3.00. The number of ether oxygens (including phenoxy) is 4. The molecular weight excluding hydrogens is 1440 g/mol. The molecule has 16 rings (SSSR count). The number of aromatic nitrogens is 12. The molecule has 10 heterocycles. The highest BCUT2D eigenvalue weighted by Crippen LogP contribution is 2.48. The number of benzene rings is 2. The van der Waals surface area contributed by atoms with Gasteiger partial charge >= 0.3 is 12.2 Å². The Hall–Kier alpha value is -10.9. The summed E-state index contributed by atoms with van der Waals surface area (Å²) in [5, 5.41) is 45.9. The van der Waals surface area contributed by atoms with Gasteiger partial charge in [0.2, 0.25) is 41.3 Å². The molecule has 6 fully saturated rings. The third-order valence-corrected chi connectivity index (χ3v) is 23.3. The molecule has 34 heteroatoms. The van der Waals surface area contributed by atoms with Crippen LogP contribution in [0.1, 0.15) is 141 Å². The van der Waals surface area contributed by atoms with Crippen LogP contribution in [0.2, 0.25) is 0 Å². The molecule has 32 nitrogen and oxygen atoms in total. The van der Waals surface area contributed by atoms with Gasteiger partial charge < -0.3 is 50.0 Å². The lowest BCUT2D eigenvalue weighted by molar-refractivity contribution is -0.141. The number of carbonyl (C=O) groups excluding carboxylic acids is 8. The van der Waals surface area contributed by atoms with Crippen LogP contribution in [-0.2, 0) is 45.3 Å². The number of nitrogens with one attached hydrogen (secondary N) is 7. The summed E-state index contributed by atoms with van der Waals surface area (Å²) in [5.41, 5.74) is 1.24. The van der Waals surface area contributed by atoms with E-state index in [4.69, 9.17) is 38.9 Å². The maximum absolute atomic E-state index is 14.6. The number of hydrogen-bond acceptors (Lipinski definition) is 24. The van der Waals surface area contributed by atoms with Crippen LogP contribution in [-0.4, -0.2) is 191 Å². The molecule has 109 heavy (non-hydrogen) atoms. The minimum absolute atomic E-state index is 0.0169. The number of rotatable bonds is 14.